The van der Waals surface area contributed by atoms with Crippen molar-refractivity contribution in [3.05, 3.63) is 156 Å². The summed E-state index contributed by atoms with van der Waals surface area (Å²) in [5, 5.41) is 1.54. The number of furan rings is 1. The van der Waals surface area contributed by atoms with Crippen LogP contribution in [0.15, 0.2) is 120 Å². The van der Waals surface area contributed by atoms with Gasteiger partial charge in [-0.2, -0.15) is 0 Å². The molecule has 4 aromatic carbocycles. The molecule has 5 heteroatoms. The first-order chi connectivity index (χ1) is 23.2. The molecule has 0 aliphatic carbocycles. The largest absolute Gasteiger partial charge is 0.501 e. The minimum absolute atomic E-state index is 0. The molecular weight excluding hydrogens is 712 g/mol. The van der Waals surface area contributed by atoms with Gasteiger partial charge in [0.15, 0.2) is 0 Å². The SMILES string of the molecule is [2H]C(C)(c1ccccc1)c1ccnc(-c2[c-]ccc3c2oc2ccc(F)cc23)c1.[2H]C([2H])([2H])c1c[c-]c(-c2ccc(C([2H])([2H])[2H])cn2)cc1.[Ir]. The van der Waals surface area contributed by atoms with Crippen LogP contribution in [-0.4, -0.2) is 9.97 Å². The van der Waals surface area contributed by atoms with Gasteiger partial charge in [0.2, 0.25) is 0 Å². The molecule has 1 radical (unpaired) electrons. The Balaban J connectivity index is 0.000000204. The van der Waals surface area contributed by atoms with Crippen molar-refractivity contribution in [1.82, 2.24) is 9.97 Å². The van der Waals surface area contributed by atoms with Crippen LogP contribution in [0.25, 0.3) is 44.5 Å². The summed E-state index contributed by atoms with van der Waals surface area (Å²) < 4.78 is 72.3. The summed E-state index contributed by atoms with van der Waals surface area (Å²) in [4.78, 5) is 8.58. The Morgan fingerprint density at radius 2 is 1.65 bits per heavy atom. The Morgan fingerprint density at radius 1 is 0.814 bits per heavy atom. The molecule has 43 heavy (non-hydrogen) atoms. The summed E-state index contributed by atoms with van der Waals surface area (Å²) in [7, 11) is 0. The Hall–Kier alpha value is -4.44. The average molecular weight is 748 g/mol. The quantitative estimate of drug-likeness (QED) is 0.168. The topological polar surface area (TPSA) is 38.9 Å². The second kappa shape index (κ2) is 13.2. The van der Waals surface area contributed by atoms with Crippen LogP contribution < -0.4 is 0 Å². The number of hydrogen-bond acceptors (Lipinski definition) is 3. The maximum Gasteiger partial charge on any atom is 0.124 e. The molecule has 0 bridgehead atoms. The molecule has 7 rings (SSSR count). The number of aryl methyl sites for hydroxylation is 2. The van der Waals surface area contributed by atoms with Gasteiger partial charge in [-0.05, 0) is 59.2 Å². The zero-order valence-electron chi connectivity index (χ0n) is 30.0. The first-order valence-corrected chi connectivity index (χ1v) is 13.3. The fraction of sp³-hybridized carbons (Fsp3) is 0.105. The molecule has 0 amide bonds. The Morgan fingerprint density at radius 3 is 2.40 bits per heavy atom. The number of benzene rings is 4. The van der Waals surface area contributed by atoms with Crippen molar-refractivity contribution in [3.63, 3.8) is 0 Å². The smallest absolute Gasteiger partial charge is 0.124 e. The maximum absolute atomic E-state index is 13.7. The molecule has 0 fully saturated rings. The normalized spacial score (nSPS) is 15.2. The van der Waals surface area contributed by atoms with Crippen LogP contribution >= 0.6 is 0 Å². The van der Waals surface area contributed by atoms with Crippen LogP contribution in [0.1, 0.15) is 44.7 Å². The van der Waals surface area contributed by atoms with Crippen molar-refractivity contribution in [2.24, 2.45) is 0 Å². The summed E-state index contributed by atoms with van der Waals surface area (Å²) in [6.07, 6.45) is 3.00. The number of aromatic nitrogens is 2. The van der Waals surface area contributed by atoms with E-state index >= 15 is 0 Å². The van der Waals surface area contributed by atoms with Crippen molar-refractivity contribution >= 4 is 21.9 Å². The molecular formula is C38H29FIrN2O-2. The van der Waals surface area contributed by atoms with Gasteiger partial charge in [-0.15, -0.1) is 53.6 Å². The Kier molecular flexibility index (Phi) is 6.82. The van der Waals surface area contributed by atoms with Crippen molar-refractivity contribution in [3.8, 4) is 22.5 Å². The van der Waals surface area contributed by atoms with Crippen LogP contribution in [0.5, 0.6) is 0 Å². The minimum atomic E-state index is -2.18. The number of hydrogen-bond donors (Lipinski definition) is 0. The number of fused-ring (bicyclic) bond motifs is 3. The van der Waals surface area contributed by atoms with Crippen molar-refractivity contribution in [2.75, 3.05) is 0 Å². The first kappa shape index (κ1) is 22.1. The van der Waals surface area contributed by atoms with Crippen LogP contribution in [0.3, 0.4) is 0 Å². The Bertz CT molecular complexity index is 2180. The van der Waals surface area contributed by atoms with Crippen molar-refractivity contribution in [2.45, 2.75) is 26.5 Å². The van der Waals surface area contributed by atoms with E-state index in [4.69, 9.17) is 14.0 Å². The molecule has 0 aliphatic rings. The van der Waals surface area contributed by atoms with Gasteiger partial charge in [0.1, 0.15) is 11.4 Å². The fourth-order valence-electron chi connectivity index (χ4n) is 4.70. The summed E-state index contributed by atoms with van der Waals surface area (Å²) in [6.45, 7) is -2.47. The van der Waals surface area contributed by atoms with Crippen molar-refractivity contribution in [1.29, 1.82) is 0 Å². The standard InChI is InChI=1S/C25H17FNO.C13H12N.Ir/c1-16(17-6-3-2-4-7-17)18-12-13-27-23(14-18)21-9-5-8-20-22-15-19(26)10-11-24(22)28-25(20)21;1-10-3-6-12(7-4-10)13-8-5-11(2)9-14-13;/h2-8,10-16H,1H3;3-6,8-9H,1-2H3;/q2*-1;/i16D;1D3,2D3;. The molecule has 0 saturated carbocycles. The summed E-state index contributed by atoms with van der Waals surface area (Å²) in [5.74, 6) is -1.23. The van der Waals surface area contributed by atoms with E-state index in [1.807, 2.05) is 55.5 Å². The molecule has 1 unspecified atom stereocenters. The van der Waals surface area contributed by atoms with Crippen molar-refractivity contribution < 1.29 is 38.5 Å². The Labute approximate surface area is 274 Å². The van der Waals surface area contributed by atoms with E-state index in [2.05, 4.69) is 22.1 Å². The molecule has 7 aromatic rings. The third-order valence-corrected chi connectivity index (χ3v) is 6.90. The van der Waals surface area contributed by atoms with Crippen LogP contribution in [-0.2, 0) is 20.1 Å². The molecule has 0 N–H and O–H groups in total. The van der Waals surface area contributed by atoms with E-state index in [1.54, 1.807) is 30.5 Å². The summed E-state index contributed by atoms with van der Waals surface area (Å²) in [5.41, 5.74) is 5.87. The summed E-state index contributed by atoms with van der Waals surface area (Å²) in [6, 6.07) is 35.3. The van der Waals surface area contributed by atoms with Crippen LogP contribution in [0.2, 0.25) is 0 Å². The van der Waals surface area contributed by atoms with Gasteiger partial charge in [-0.1, -0.05) is 73.3 Å². The van der Waals surface area contributed by atoms with E-state index in [0.29, 0.717) is 33.7 Å². The van der Waals surface area contributed by atoms with Gasteiger partial charge in [0, 0.05) is 53.4 Å². The molecule has 0 spiro atoms. The van der Waals surface area contributed by atoms with Gasteiger partial charge in [0.05, 0.1) is 5.58 Å². The van der Waals surface area contributed by atoms with Gasteiger partial charge in [0.25, 0.3) is 0 Å². The molecule has 3 heterocycles. The van der Waals surface area contributed by atoms with E-state index < -0.39 is 19.6 Å². The van der Waals surface area contributed by atoms with Gasteiger partial charge in [-0.3, -0.25) is 0 Å². The average Bonchev–Trinajstić information content (AvgIpc) is 3.46. The van der Waals surface area contributed by atoms with E-state index in [1.165, 1.54) is 36.5 Å². The molecule has 0 saturated heterocycles. The summed E-state index contributed by atoms with van der Waals surface area (Å²) >= 11 is 0. The van der Waals surface area contributed by atoms with E-state index in [-0.39, 0.29) is 37.0 Å². The second-order valence-corrected chi connectivity index (χ2v) is 9.68. The first-order valence-electron chi connectivity index (χ1n) is 16.8. The zero-order chi connectivity index (χ0) is 35.0. The van der Waals surface area contributed by atoms with Gasteiger partial charge >= 0.3 is 0 Å². The number of rotatable bonds is 4. The molecule has 3 aromatic heterocycles. The number of pyridine rings is 2. The van der Waals surface area contributed by atoms with Crippen LogP contribution in [0, 0.1) is 31.7 Å². The van der Waals surface area contributed by atoms with E-state index in [0.717, 1.165) is 21.9 Å². The third-order valence-electron chi connectivity index (χ3n) is 6.90. The predicted octanol–water partition coefficient (Wildman–Crippen LogP) is 9.90. The molecule has 215 valence electrons. The minimum Gasteiger partial charge on any atom is -0.501 e. The van der Waals surface area contributed by atoms with Gasteiger partial charge in [-0.25, -0.2) is 4.39 Å². The monoisotopic (exact) mass is 748 g/mol. The third kappa shape index (κ3) is 6.64. The molecule has 0 aliphatic heterocycles. The zero-order valence-corrected chi connectivity index (χ0v) is 25.4. The molecule has 1 atom stereocenters. The molecule has 3 nitrogen and oxygen atoms in total. The second-order valence-electron chi connectivity index (χ2n) is 9.68. The van der Waals surface area contributed by atoms with Gasteiger partial charge < -0.3 is 14.4 Å². The predicted molar refractivity (Wildman–Crippen MR) is 168 cm³/mol. The van der Waals surface area contributed by atoms with Crippen LogP contribution in [0.4, 0.5) is 4.39 Å². The van der Waals surface area contributed by atoms with E-state index in [9.17, 15) is 4.39 Å². The fourth-order valence-corrected chi connectivity index (χ4v) is 4.70. The maximum atomic E-state index is 13.7. The number of halogens is 1. The number of nitrogens with zero attached hydrogens (tertiary/aromatic N) is 2.